The standard InChI is InChI=1S/C13H14ClN3O/c1-17(8-9-18)13-7-6-12(15-16-13)10-2-4-11(14)5-3-10/h2-7,18H,8-9H2,1H3. The van der Waals surface area contributed by atoms with Gasteiger partial charge in [0.1, 0.15) is 0 Å². The number of aliphatic hydroxyl groups is 1. The summed E-state index contributed by atoms with van der Waals surface area (Å²) in [5.74, 6) is 0.738. The Morgan fingerprint density at radius 2 is 1.83 bits per heavy atom. The van der Waals surface area contributed by atoms with Gasteiger partial charge in [-0.15, -0.1) is 10.2 Å². The van der Waals surface area contributed by atoms with Crippen LogP contribution in [0.4, 0.5) is 5.82 Å². The van der Waals surface area contributed by atoms with Gasteiger partial charge in [0, 0.05) is 24.2 Å². The van der Waals surface area contributed by atoms with E-state index in [-0.39, 0.29) is 6.61 Å². The van der Waals surface area contributed by atoms with Gasteiger partial charge in [-0.2, -0.15) is 0 Å². The molecule has 0 bridgehead atoms. The molecule has 0 amide bonds. The Morgan fingerprint density at radius 3 is 2.39 bits per heavy atom. The van der Waals surface area contributed by atoms with Crippen molar-refractivity contribution in [1.82, 2.24) is 10.2 Å². The van der Waals surface area contributed by atoms with Crippen molar-refractivity contribution in [3.8, 4) is 11.3 Å². The van der Waals surface area contributed by atoms with E-state index in [0.29, 0.717) is 11.6 Å². The molecule has 1 aromatic heterocycles. The molecule has 4 nitrogen and oxygen atoms in total. The fourth-order valence-corrected chi connectivity index (χ4v) is 1.69. The molecule has 1 heterocycles. The van der Waals surface area contributed by atoms with Crippen molar-refractivity contribution in [2.75, 3.05) is 25.1 Å². The molecule has 5 heteroatoms. The predicted molar refractivity (Wildman–Crippen MR) is 72.8 cm³/mol. The molecule has 0 aliphatic carbocycles. The summed E-state index contributed by atoms with van der Waals surface area (Å²) in [6.45, 7) is 0.631. The highest BCUT2D eigenvalue weighted by Crippen LogP contribution is 2.20. The monoisotopic (exact) mass is 263 g/mol. The van der Waals surface area contributed by atoms with Crippen molar-refractivity contribution in [2.45, 2.75) is 0 Å². The van der Waals surface area contributed by atoms with Crippen molar-refractivity contribution in [3.05, 3.63) is 41.4 Å². The molecule has 0 aliphatic heterocycles. The summed E-state index contributed by atoms with van der Waals surface area (Å²) < 4.78 is 0. The molecular weight excluding hydrogens is 250 g/mol. The largest absolute Gasteiger partial charge is 0.395 e. The predicted octanol–water partition coefficient (Wildman–Crippen LogP) is 2.23. The summed E-state index contributed by atoms with van der Waals surface area (Å²) in [6, 6.07) is 11.2. The molecule has 0 unspecified atom stereocenters. The third kappa shape index (κ3) is 2.97. The number of anilines is 1. The van der Waals surface area contributed by atoms with Gasteiger partial charge in [-0.25, -0.2) is 0 Å². The van der Waals surface area contributed by atoms with E-state index in [9.17, 15) is 0 Å². The van der Waals surface area contributed by atoms with Crippen LogP contribution in [0.25, 0.3) is 11.3 Å². The van der Waals surface area contributed by atoms with Gasteiger partial charge in [-0.05, 0) is 24.3 Å². The van der Waals surface area contributed by atoms with Crippen molar-refractivity contribution >= 4 is 17.4 Å². The Hall–Kier alpha value is -1.65. The number of rotatable bonds is 4. The fraction of sp³-hybridized carbons (Fsp3) is 0.231. The maximum absolute atomic E-state index is 8.85. The second kappa shape index (κ2) is 5.80. The highest BCUT2D eigenvalue weighted by Gasteiger charge is 2.04. The van der Waals surface area contributed by atoms with Crippen LogP contribution in [-0.2, 0) is 0 Å². The summed E-state index contributed by atoms with van der Waals surface area (Å²) >= 11 is 5.83. The molecule has 2 aromatic rings. The van der Waals surface area contributed by atoms with E-state index in [1.807, 2.05) is 48.3 Å². The second-order valence-corrected chi connectivity index (χ2v) is 4.37. The zero-order valence-electron chi connectivity index (χ0n) is 10.0. The molecule has 0 saturated carbocycles. The first-order valence-corrected chi connectivity index (χ1v) is 6.00. The van der Waals surface area contributed by atoms with Crippen LogP contribution in [0.3, 0.4) is 0 Å². The molecule has 1 aromatic carbocycles. The average molecular weight is 264 g/mol. The minimum absolute atomic E-state index is 0.0944. The van der Waals surface area contributed by atoms with Gasteiger partial charge in [0.2, 0.25) is 0 Å². The van der Waals surface area contributed by atoms with Gasteiger partial charge in [-0.3, -0.25) is 0 Å². The third-order valence-electron chi connectivity index (χ3n) is 2.62. The minimum atomic E-state index is 0.0944. The first kappa shape index (κ1) is 12.8. The molecule has 0 spiro atoms. The lowest BCUT2D eigenvalue weighted by Gasteiger charge is -2.15. The van der Waals surface area contributed by atoms with Crippen molar-refractivity contribution in [1.29, 1.82) is 0 Å². The number of hydrogen-bond donors (Lipinski definition) is 1. The number of nitrogens with zero attached hydrogens (tertiary/aromatic N) is 3. The van der Waals surface area contributed by atoms with Crippen molar-refractivity contribution in [3.63, 3.8) is 0 Å². The Bertz CT molecular complexity index is 499. The van der Waals surface area contributed by atoms with Gasteiger partial charge in [-0.1, -0.05) is 23.7 Å². The van der Waals surface area contributed by atoms with Crippen LogP contribution in [0.5, 0.6) is 0 Å². The molecule has 1 N–H and O–H groups in total. The summed E-state index contributed by atoms with van der Waals surface area (Å²) in [5, 5.41) is 17.8. The summed E-state index contributed by atoms with van der Waals surface area (Å²) in [5.41, 5.74) is 1.77. The van der Waals surface area contributed by atoms with Crippen LogP contribution >= 0.6 is 11.6 Å². The highest BCUT2D eigenvalue weighted by atomic mass is 35.5. The van der Waals surface area contributed by atoms with E-state index < -0.39 is 0 Å². The summed E-state index contributed by atoms with van der Waals surface area (Å²) in [7, 11) is 1.86. The Morgan fingerprint density at radius 1 is 1.11 bits per heavy atom. The lowest BCUT2D eigenvalue weighted by Crippen LogP contribution is -2.22. The zero-order chi connectivity index (χ0) is 13.0. The van der Waals surface area contributed by atoms with Crippen molar-refractivity contribution in [2.24, 2.45) is 0 Å². The Kier molecular flexibility index (Phi) is 4.12. The number of aromatic nitrogens is 2. The van der Waals surface area contributed by atoms with Gasteiger partial charge in [0.05, 0.1) is 12.3 Å². The summed E-state index contributed by atoms with van der Waals surface area (Å²) in [6.07, 6.45) is 0. The van der Waals surface area contributed by atoms with Crippen LogP contribution in [0.15, 0.2) is 36.4 Å². The highest BCUT2D eigenvalue weighted by molar-refractivity contribution is 6.30. The zero-order valence-corrected chi connectivity index (χ0v) is 10.8. The van der Waals surface area contributed by atoms with E-state index in [4.69, 9.17) is 16.7 Å². The van der Waals surface area contributed by atoms with Crippen LogP contribution in [0.2, 0.25) is 5.02 Å². The molecule has 2 rings (SSSR count). The third-order valence-corrected chi connectivity index (χ3v) is 2.87. The summed E-state index contributed by atoms with van der Waals surface area (Å²) in [4.78, 5) is 1.85. The molecule has 0 radical (unpaired) electrons. The van der Waals surface area contributed by atoms with E-state index in [1.165, 1.54) is 0 Å². The number of hydrogen-bond acceptors (Lipinski definition) is 4. The van der Waals surface area contributed by atoms with E-state index in [2.05, 4.69) is 10.2 Å². The number of likely N-dealkylation sites (N-methyl/N-ethyl adjacent to an activating group) is 1. The molecule has 0 fully saturated rings. The molecule has 0 aliphatic rings. The van der Waals surface area contributed by atoms with E-state index >= 15 is 0 Å². The smallest absolute Gasteiger partial charge is 0.151 e. The fourth-order valence-electron chi connectivity index (χ4n) is 1.57. The molecular formula is C13H14ClN3O. The molecule has 0 saturated heterocycles. The second-order valence-electron chi connectivity index (χ2n) is 3.93. The number of halogens is 1. The SMILES string of the molecule is CN(CCO)c1ccc(-c2ccc(Cl)cc2)nn1. The van der Waals surface area contributed by atoms with Crippen LogP contribution < -0.4 is 4.90 Å². The first-order valence-electron chi connectivity index (χ1n) is 5.62. The van der Waals surface area contributed by atoms with Gasteiger partial charge in [0.15, 0.2) is 5.82 Å². The Labute approximate surface area is 111 Å². The first-order chi connectivity index (χ1) is 8.70. The van der Waals surface area contributed by atoms with Crippen molar-refractivity contribution < 1.29 is 5.11 Å². The Balaban J connectivity index is 2.19. The quantitative estimate of drug-likeness (QED) is 0.919. The topological polar surface area (TPSA) is 49.2 Å². The van der Waals surface area contributed by atoms with Gasteiger partial charge in [0.25, 0.3) is 0 Å². The maximum atomic E-state index is 8.85. The van der Waals surface area contributed by atoms with E-state index in [1.54, 1.807) is 0 Å². The van der Waals surface area contributed by atoms with Crippen LogP contribution in [0, 0.1) is 0 Å². The van der Waals surface area contributed by atoms with Crippen LogP contribution in [-0.4, -0.2) is 35.5 Å². The van der Waals surface area contributed by atoms with E-state index in [0.717, 1.165) is 17.1 Å². The molecule has 94 valence electrons. The minimum Gasteiger partial charge on any atom is -0.395 e. The normalized spacial score (nSPS) is 10.4. The maximum Gasteiger partial charge on any atom is 0.151 e. The molecule has 0 atom stereocenters. The number of benzene rings is 1. The van der Waals surface area contributed by atoms with Gasteiger partial charge < -0.3 is 10.0 Å². The lowest BCUT2D eigenvalue weighted by molar-refractivity contribution is 0.303. The number of aliphatic hydroxyl groups excluding tert-OH is 1. The van der Waals surface area contributed by atoms with Crippen LogP contribution in [0.1, 0.15) is 0 Å². The lowest BCUT2D eigenvalue weighted by atomic mass is 10.1. The van der Waals surface area contributed by atoms with Gasteiger partial charge >= 0.3 is 0 Å². The average Bonchev–Trinajstić information content (AvgIpc) is 2.40. The molecule has 18 heavy (non-hydrogen) atoms.